The maximum atomic E-state index is 13.2. The summed E-state index contributed by atoms with van der Waals surface area (Å²) in [7, 11) is 0. The standard InChI is InChI=1S/C20H21FN4O2S2/c1-12(2)7-8-22-20(27)25-16(26)10-29-19-17-15(9-28-18(17)23-11-24-19)13-3-5-14(21)6-4-13/h3-6,9,11-12H,7-8,10H2,1-2H3,(H2,22,25,26,27). The molecule has 0 aliphatic heterocycles. The number of carbonyl (C=O) groups excluding carboxylic acids is 2. The van der Waals surface area contributed by atoms with Gasteiger partial charge in [0.05, 0.1) is 11.1 Å². The Morgan fingerprint density at radius 1 is 1.21 bits per heavy atom. The number of urea groups is 1. The first-order valence-corrected chi connectivity index (χ1v) is 11.0. The lowest BCUT2D eigenvalue weighted by Gasteiger charge is -2.08. The molecule has 1 aromatic carbocycles. The Labute approximate surface area is 176 Å². The number of benzene rings is 1. The first-order valence-electron chi connectivity index (χ1n) is 9.12. The van der Waals surface area contributed by atoms with Gasteiger partial charge in [-0.15, -0.1) is 11.3 Å². The van der Waals surface area contributed by atoms with Crippen molar-refractivity contribution in [2.75, 3.05) is 12.3 Å². The molecule has 0 aliphatic rings. The van der Waals surface area contributed by atoms with Crippen LogP contribution in [-0.2, 0) is 4.79 Å². The van der Waals surface area contributed by atoms with E-state index in [1.54, 1.807) is 12.1 Å². The van der Waals surface area contributed by atoms with Gasteiger partial charge in [-0.05, 0) is 30.0 Å². The van der Waals surface area contributed by atoms with E-state index in [1.807, 2.05) is 5.38 Å². The van der Waals surface area contributed by atoms with Gasteiger partial charge in [0.15, 0.2) is 0 Å². The molecular weight excluding hydrogens is 411 g/mol. The molecule has 0 spiro atoms. The number of hydrogen-bond acceptors (Lipinski definition) is 6. The van der Waals surface area contributed by atoms with Crippen LogP contribution in [0.25, 0.3) is 21.3 Å². The molecule has 3 aromatic rings. The van der Waals surface area contributed by atoms with Crippen LogP contribution in [0.15, 0.2) is 41.0 Å². The van der Waals surface area contributed by atoms with E-state index in [4.69, 9.17) is 0 Å². The fraction of sp³-hybridized carbons (Fsp3) is 0.300. The number of thioether (sulfide) groups is 1. The molecule has 0 saturated carbocycles. The number of aromatic nitrogens is 2. The normalized spacial score (nSPS) is 11.0. The van der Waals surface area contributed by atoms with Crippen LogP contribution in [0, 0.1) is 11.7 Å². The Morgan fingerprint density at radius 2 is 1.97 bits per heavy atom. The summed E-state index contributed by atoms with van der Waals surface area (Å²) in [5.41, 5.74) is 1.74. The molecule has 3 amide bonds. The molecule has 0 radical (unpaired) electrons. The Balaban J connectivity index is 1.67. The first kappa shape index (κ1) is 21.2. The zero-order chi connectivity index (χ0) is 20.8. The predicted molar refractivity (Wildman–Crippen MR) is 115 cm³/mol. The lowest BCUT2D eigenvalue weighted by atomic mass is 10.1. The van der Waals surface area contributed by atoms with Crippen LogP contribution in [0.2, 0.25) is 0 Å². The van der Waals surface area contributed by atoms with Crippen LogP contribution >= 0.6 is 23.1 Å². The summed E-state index contributed by atoms with van der Waals surface area (Å²) >= 11 is 2.70. The minimum Gasteiger partial charge on any atom is -0.338 e. The fourth-order valence-corrected chi connectivity index (χ4v) is 4.41. The summed E-state index contributed by atoms with van der Waals surface area (Å²) in [5, 5.41) is 8.41. The summed E-state index contributed by atoms with van der Waals surface area (Å²) in [6.45, 7) is 4.65. The number of nitrogens with zero attached hydrogens (tertiary/aromatic N) is 2. The smallest absolute Gasteiger partial charge is 0.321 e. The number of imide groups is 1. The SMILES string of the molecule is CC(C)CCNC(=O)NC(=O)CSc1ncnc2scc(-c3ccc(F)cc3)c12. The maximum Gasteiger partial charge on any atom is 0.321 e. The molecule has 29 heavy (non-hydrogen) atoms. The van der Waals surface area contributed by atoms with Crippen LogP contribution in [-0.4, -0.2) is 34.2 Å². The molecule has 2 heterocycles. The van der Waals surface area contributed by atoms with Gasteiger partial charge in [0, 0.05) is 17.5 Å². The molecule has 3 rings (SSSR count). The summed E-state index contributed by atoms with van der Waals surface area (Å²) in [4.78, 5) is 33.3. The summed E-state index contributed by atoms with van der Waals surface area (Å²) in [6, 6.07) is 5.71. The number of hydrogen-bond donors (Lipinski definition) is 2. The molecule has 0 atom stereocenters. The maximum absolute atomic E-state index is 13.2. The molecule has 2 N–H and O–H groups in total. The zero-order valence-corrected chi connectivity index (χ0v) is 17.7. The van der Waals surface area contributed by atoms with Crippen LogP contribution in [0.5, 0.6) is 0 Å². The molecule has 0 unspecified atom stereocenters. The van der Waals surface area contributed by atoms with Gasteiger partial charge < -0.3 is 5.32 Å². The fourth-order valence-electron chi connectivity index (χ4n) is 2.61. The van der Waals surface area contributed by atoms with Crippen molar-refractivity contribution in [1.29, 1.82) is 0 Å². The number of fused-ring (bicyclic) bond motifs is 1. The molecule has 0 saturated heterocycles. The highest BCUT2D eigenvalue weighted by Gasteiger charge is 2.15. The van der Waals surface area contributed by atoms with Crippen molar-refractivity contribution in [1.82, 2.24) is 20.6 Å². The van der Waals surface area contributed by atoms with Crippen molar-refractivity contribution in [2.45, 2.75) is 25.3 Å². The third-order valence-corrected chi connectivity index (χ3v) is 5.97. The summed E-state index contributed by atoms with van der Waals surface area (Å²) in [6.07, 6.45) is 2.30. The third kappa shape index (κ3) is 5.74. The van der Waals surface area contributed by atoms with Crippen LogP contribution < -0.4 is 10.6 Å². The number of halogens is 1. The van der Waals surface area contributed by atoms with Crippen molar-refractivity contribution in [3.05, 3.63) is 41.8 Å². The molecule has 0 bridgehead atoms. The van der Waals surface area contributed by atoms with Crippen LogP contribution in [0.4, 0.5) is 9.18 Å². The van der Waals surface area contributed by atoms with Crippen molar-refractivity contribution in [2.24, 2.45) is 5.92 Å². The van der Waals surface area contributed by atoms with E-state index >= 15 is 0 Å². The quantitative estimate of drug-likeness (QED) is 0.425. The molecule has 2 aromatic heterocycles. The third-order valence-electron chi connectivity index (χ3n) is 4.09. The van der Waals surface area contributed by atoms with Crippen LogP contribution in [0.3, 0.4) is 0 Å². The number of amides is 3. The minimum atomic E-state index is -0.494. The largest absolute Gasteiger partial charge is 0.338 e. The van der Waals surface area contributed by atoms with Gasteiger partial charge in [-0.2, -0.15) is 0 Å². The average molecular weight is 433 g/mol. The molecule has 0 fully saturated rings. The predicted octanol–water partition coefficient (Wildman–Crippen LogP) is 4.46. The Kier molecular flexibility index (Phi) is 7.16. The second-order valence-electron chi connectivity index (χ2n) is 6.79. The second-order valence-corrected chi connectivity index (χ2v) is 8.61. The highest BCUT2D eigenvalue weighted by molar-refractivity contribution is 8.00. The average Bonchev–Trinajstić information content (AvgIpc) is 3.11. The van der Waals surface area contributed by atoms with E-state index < -0.39 is 11.9 Å². The number of carbonyl (C=O) groups is 2. The van der Waals surface area contributed by atoms with E-state index in [2.05, 4.69) is 34.4 Å². The Hall–Kier alpha value is -2.52. The summed E-state index contributed by atoms with van der Waals surface area (Å²) < 4.78 is 13.2. The van der Waals surface area contributed by atoms with Crippen molar-refractivity contribution < 1.29 is 14.0 Å². The number of nitrogens with one attached hydrogen (secondary N) is 2. The zero-order valence-electron chi connectivity index (χ0n) is 16.1. The lowest BCUT2D eigenvalue weighted by Crippen LogP contribution is -2.40. The van der Waals surface area contributed by atoms with Crippen molar-refractivity contribution in [3.63, 3.8) is 0 Å². The van der Waals surface area contributed by atoms with E-state index in [0.29, 0.717) is 17.5 Å². The van der Waals surface area contributed by atoms with Crippen LogP contribution in [0.1, 0.15) is 20.3 Å². The van der Waals surface area contributed by atoms with Gasteiger partial charge in [-0.25, -0.2) is 19.2 Å². The molecule has 9 heteroatoms. The van der Waals surface area contributed by atoms with E-state index in [9.17, 15) is 14.0 Å². The Bertz CT molecular complexity index is 1010. The van der Waals surface area contributed by atoms with Gasteiger partial charge in [0.1, 0.15) is 22.0 Å². The monoisotopic (exact) mass is 432 g/mol. The first-order chi connectivity index (χ1) is 13.9. The van der Waals surface area contributed by atoms with E-state index in [1.165, 1.54) is 41.6 Å². The highest BCUT2D eigenvalue weighted by atomic mass is 32.2. The summed E-state index contributed by atoms with van der Waals surface area (Å²) in [5.74, 6) is -0.185. The van der Waals surface area contributed by atoms with Gasteiger partial charge in [-0.3, -0.25) is 10.1 Å². The minimum absolute atomic E-state index is 0.0441. The number of rotatable bonds is 7. The number of thiophene rings is 1. The van der Waals surface area contributed by atoms with E-state index in [0.717, 1.165) is 27.8 Å². The van der Waals surface area contributed by atoms with Gasteiger partial charge in [-0.1, -0.05) is 37.7 Å². The van der Waals surface area contributed by atoms with Crippen molar-refractivity contribution in [3.8, 4) is 11.1 Å². The Morgan fingerprint density at radius 3 is 2.69 bits per heavy atom. The van der Waals surface area contributed by atoms with Crippen molar-refractivity contribution >= 4 is 45.3 Å². The molecule has 6 nitrogen and oxygen atoms in total. The van der Waals surface area contributed by atoms with Gasteiger partial charge in [0.25, 0.3) is 0 Å². The molecule has 152 valence electrons. The molecular formula is C20H21FN4O2S2. The molecule has 0 aliphatic carbocycles. The second kappa shape index (κ2) is 9.80. The topological polar surface area (TPSA) is 84.0 Å². The van der Waals surface area contributed by atoms with Gasteiger partial charge in [0.2, 0.25) is 5.91 Å². The van der Waals surface area contributed by atoms with E-state index in [-0.39, 0.29) is 11.6 Å². The van der Waals surface area contributed by atoms with Gasteiger partial charge >= 0.3 is 6.03 Å². The highest BCUT2D eigenvalue weighted by Crippen LogP contribution is 2.37. The lowest BCUT2D eigenvalue weighted by molar-refractivity contribution is -0.117.